The van der Waals surface area contributed by atoms with Gasteiger partial charge in [-0.05, 0) is 12.1 Å². The third kappa shape index (κ3) is 2.06. The van der Waals surface area contributed by atoms with Gasteiger partial charge in [0.2, 0.25) is 0 Å². The number of nitrogens with two attached hydrogens (primary N) is 1. The number of rotatable bonds is 2. The molecule has 0 aliphatic heterocycles. The minimum absolute atomic E-state index is 0.0578. The van der Waals surface area contributed by atoms with Crippen LogP contribution in [0.5, 0.6) is 0 Å². The van der Waals surface area contributed by atoms with Crippen molar-refractivity contribution in [2.45, 2.75) is 32.2 Å². The second-order valence-corrected chi connectivity index (χ2v) is 5.33. The minimum atomic E-state index is -0.381. The Balaban J connectivity index is 2.72. The summed E-state index contributed by atoms with van der Waals surface area (Å²) < 4.78 is 2.04. The fraction of sp³-hybridized carbons (Fsp3) is 0.462. The molecule has 4 heteroatoms. The van der Waals surface area contributed by atoms with Gasteiger partial charge in [-0.15, -0.1) is 0 Å². The maximum atomic E-state index is 9.22. The lowest BCUT2D eigenvalue weighted by molar-refractivity contribution is 0.264. The molecule has 0 spiro atoms. The van der Waals surface area contributed by atoms with Crippen molar-refractivity contribution in [3.05, 3.63) is 35.9 Å². The molecule has 0 saturated carbocycles. The molecule has 0 amide bonds. The molecule has 2 rings (SSSR count). The molecule has 0 fully saturated rings. The highest BCUT2D eigenvalue weighted by Gasteiger charge is 2.22. The lowest BCUT2D eigenvalue weighted by atomic mass is 9.95. The number of fused-ring (bicyclic) bond motifs is 1. The number of imidazole rings is 1. The predicted molar refractivity (Wildman–Crippen MR) is 67.9 cm³/mol. The van der Waals surface area contributed by atoms with Crippen LogP contribution in [0.4, 0.5) is 0 Å². The van der Waals surface area contributed by atoms with E-state index >= 15 is 0 Å². The van der Waals surface area contributed by atoms with Crippen LogP contribution in [0.3, 0.4) is 0 Å². The first-order chi connectivity index (χ1) is 7.95. The summed E-state index contributed by atoms with van der Waals surface area (Å²) in [6.45, 7) is 6.27. The van der Waals surface area contributed by atoms with E-state index in [1.165, 1.54) is 0 Å². The average molecular weight is 233 g/mol. The van der Waals surface area contributed by atoms with E-state index in [1.54, 1.807) is 0 Å². The van der Waals surface area contributed by atoms with Crippen molar-refractivity contribution >= 4 is 5.52 Å². The van der Waals surface area contributed by atoms with Gasteiger partial charge >= 0.3 is 0 Å². The first kappa shape index (κ1) is 12.1. The monoisotopic (exact) mass is 233 g/mol. The SMILES string of the molecule is CC(C)(C)c1ncc2cccc(C(N)CO)n12. The molecule has 0 radical (unpaired) electrons. The minimum Gasteiger partial charge on any atom is -0.394 e. The van der Waals surface area contributed by atoms with E-state index in [0.29, 0.717) is 0 Å². The number of hydrogen-bond donors (Lipinski definition) is 2. The summed E-state index contributed by atoms with van der Waals surface area (Å²) in [4.78, 5) is 4.47. The molecular weight excluding hydrogens is 214 g/mol. The first-order valence-electron chi connectivity index (χ1n) is 5.78. The van der Waals surface area contributed by atoms with E-state index in [-0.39, 0.29) is 18.1 Å². The van der Waals surface area contributed by atoms with Crippen molar-refractivity contribution in [1.29, 1.82) is 0 Å². The average Bonchev–Trinajstić information content (AvgIpc) is 2.70. The van der Waals surface area contributed by atoms with Gasteiger partial charge in [0.1, 0.15) is 5.82 Å². The van der Waals surface area contributed by atoms with Crippen molar-refractivity contribution in [1.82, 2.24) is 9.38 Å². The van der Waals surface area contributed by atoms with Crippen molar-refractivity contribution in [2.24, 2.45) is 5.73 Å². The maximum Gasteiger partial charge on any atom is 0.118 e. The number of aliphatic hydroxyl groups excluding tert-OH is 1. The zero-order chi connectivity index (χ0) is 12.6. The van der Waals surface area contributed by atoms with E-state index in [1.807, 2.05) is 28.8 Å². The summed E-state index contributed by atoms with van der Waals surface area (Å²) in [5.41, 5.74) is 7.78. The first-order valence-corrected chi connectivity index (χ1v) is 5.78. The summed E-state index contributed by atoms with van der Waals surface area (Å²) in [6.07, 6.45) is 1.84. The Kier molecular flexibility index (Phi) is 2.93. The summed E-state index contributed by atoms with van der Waals surface area (Å²) in [6, 6.07) is 5.49. The van der Waals surface area contributed by atoms with E-state index in [9.17, 15) is 5.11 Å². The Labute approximate surface area is 101 Å². The van der Waals surface area contributed by atoms with Crippen LogP contribution in [0.1, 0.15) is 38.3 Å². The van der Waals surface area contributed by atoms with E-state index < -0.39 is 0 Å². The molecule has 1 atom stereocenters. The molecule has 17 heavy (non-hydrogen) atoms. The fourth-order valence-corrected chi connectivity index (χ4v) is 1.99. The Hall–Kier alpha value is -1.39. The molecule has 3 N–H and O–H groups in total. The standard InChI is InChI=1S/C13H19N3O/c1-13(2,3)12-15-7-9-5-4-6-11(16(9)12)10(14)8-17/h4-7,10,17H,8,14H2,1-3H3. The summed E-state index contributed by atoms with van der Waals surface area (Å²) in [5.74, 6) is 0.965. The van der Waals surface area contributed by atoms with Crippen molar-refractivity contribution in [2.75, 3.05) is 6.61 Å². The van der Waals surface area contributed by atoms with Crippen LogP contribution >= 0.6 is 0 Å². The lowest BCUT2D eigenvalue weighted by Crippen LogP contribution is -2.22. The molecule has 1 unspecified atom stereocenters. The van der Waals surface area contributed by atoms with E-state index in [2.05, 4.69) is 25.8 Å². The van der Waals surface area contributed by atoms with Gasteiger partial charge in [-0.3, -0.25) is 4.40 Å². The third-order valence-corrected chi connectivity index (χ3v) is 2.83. The topological polar surface area (TPSA) is 63.5 Å². The van der Waals surface area contributed by atoms with Crippen LogP contribution in [0, 0.1) is 0 Å². The molecule has 0 aliphatic rings. The number of nitrogens with zero attached hydrogens (tertiary/aromatic N) is 2. The normalized spacial score (nSPS) is 14.2. The number of aromatic nitrogens is 2. The highest BCUT2D eigenvalue weighted by Crippen LogP contribution is 2.25. The largest absolute Gasteiger partial charge is 0.394 e. The second-order valence-electron chi connectivity index (χ2n) is 5.33. The number of hydrogen-bond acceptors (Lipinski definition) is 3. The Morgan fingerprint density at radius 3 is 2.71 bits per heavy atom. The molecule has 4 nitrogen and oxygen atoms in total. The Morgan fingerprint density at radius 1 is 1.41 bits per heavy atom. The molecular formula is C13H19N3O. The van der Waals surface area contributed by atoms with Gasteiger partial charge < -0.3 is 10.8 Å². The van der Waals surface area contributed by atoms with E-state index in [0.717, 1.165) is 17.0 Å². The van der Waals surface area contributed by atoms with Gasteiger partial charge in [0.05, 0.1) is 24.4 Å². The highest BCUT2D eigenvalue weighted by molar-refractivity contribution is 5.48. The third-order valence-electron chi connectivity index (χ3n) is 2.83. The summed E-state index contributed by atoms with van der Waals surface area (Å²) >= 11 is 0. The van der Waals surface area contributed by atoms with Crippen LogP contribution in [-0.2, 0) is 5.41 Å². The zero-order valence-corrected chi connectivity index (χ0v) is 10.5. The summed E-state index contributed by atoms with van der Waals surface area (Å²) in [7, 11) is 0. The Morgan fingerprint density at radius 2 is 2.12 bits per heavy atom. The Bertz CT molecular complexity index is 525. The van der Waals surface area contributed by atoms with Gasteiger partial charge in [-0.2, -0.15) is 0 Å². The van der Waals surface area contributed by atoms with Gasteiger partial charge in [0, 0.05) is 11.1 Å². The van der Waals surface area contributed by atoms with E-state index in [4.69, 9.17) is 5.73 Å². The predicted octanol–water partition coefficient (Wildman–Crippen LogP) is 1.62. The number of pyridine rings is 1. The second kappa shape index (κ2) is 4.13. The van der Waals surface area contributed by atoms with Crippen LogP contribution < -0.4 is 5.73 Å². The lowest BCUT2D eigenvalue weighted by Gasteiger charge is -2.20. The smallest absolute Gasteiger partial charge is 0.118 e. The van der Waals surface area contributed by atoms with Crippen LogP contribution in [-0.4, -0.2) is 21.1 Å². The molecule has 92 valence electrons. The molecule has 2 aromatic rings. The van der Waals surface area contributed by atoms with Crippen LogP contribution in [0.2, 0.25) is 0 Å². The van der Waals surface area contributed by atoms with Gasteiger partial charge in [0.25, 0.3) is 0 Å². The van der Waals surface area contributed by atoms with Crippen LogP contribution in [0.15, 0.2) is 24.4 Å². The van der Waals surface area contributed by atoms with Crippen molar-refractivity contribution < 1.29 is 5.11 Å². The van der Waals surface area contributed by atoms with Gasteiger partial charge in [0.15, 0.2) is 0 Å². The fourth-order valence-electron chi connectivity index (χ4n) is 1.99. The van der Waals surface area contributed by atoms with Crippen molar-refractivity contribution in [3.63, 3.8) is 0 Å². The highest BCUT2D eigenvalue weighted by atomic mass is 16.3. The summed E-state index contributed by atoms with van der Waals surface area (Å²) in [5, 5.41) is 9.22. The van der Waals surface area contributed by atoms with Gasteiger partial charge in [-0.1, -0.05) is 26.8 Å². The molecule has 0 aromatic carbocycles. The quantitative estimate of drug-likeness (QED) is 0.828. The molecule has 2 heterocycles. The molecule has 0 aliphatic carbocycles. The zero-order valence-electron chi connectivity index (χ0n) is 10.5. The van der Waals surface area contributed by atoms with Gasteiger partial charge in [-0.25, -0.2) is 4.98 Å². The molecule has 2 aromatic heterocycles. The molecule has 0 bridgehead atoms. The number of aliphatic hydroxyl groups is 1. The van der Waals surface area contributed by atoms with Crippen molar-refractivity contribution in [3.8, 4) is 0 Å². The maximum absolute atomic E-state index is 9.22. The van der Waals surface area contributed by atoms with Crippen LogP contribution in [0.25, 0.3) is 5.52 Å². The molecule has 0 saturated heterocycles.